The zero-order valence-corrected chi connectivity index (χ0v) is 9.27. The van der Waals surface area contributed by atoms with Crippen LogP contribution in [0.3, 0.4) is 0 Å². The standard InChI is InChI=1S/C8H15NO5S/c1-15(13,14)5-7(10)6-3-2-4-9(6)8(11)12/h6-7,10H,2-5H2,1H3,(H,11,12)/t6-,7?/m0/s1. The van der Waals surface area contributed by atoms with Crippen LogP contribution < -0.4 is 0 Å². The molecule has 1 amide bonds. The van der Waals surface area contributed by atoms with Gasteiger partial charge in [0.2, 0.25) is 0 Å². The summed E-state index contributed by atoms with van der Waals surface area (Å²) in [5, 5.41) is 18.4. The molecule has 0 aliphatic carbocycles. The smallest absolute Gasteiger partial charge is 0.407 e. The maximum Gasteiger partial charge on any atom is 0.407 e. The predicted octanol–water partition coefficient (Wildman–Crippen LogP) is -0.466. The lowest BCUT2D eigenvalue weighted by atomic mass is 10.1. The van der Waals surface area contributed by atoms with Crippen molar-refractivity contribution in [2.75, 3.05) is 18.6 Å². The highest BCUT2D eigenvalue weighted by Crippen LogP contribution is 2.20. The zero-order chi connectivity index (χ0) is 11.6. The number of carboxylic acid groups (broad SMARTS) is 1. The number of rotatable bonds is 3. The summed E-state index contributed by atoms with van der Waals surface area (Å²) < 4.78 is 21.9. The molecular formula is C8H15NO5S. The molecule has 0 radical (unpaired) electrons. The minimum Gasteiger partial charge on any atom is -0.465 e. The van der Waals surface area contributed by atoms with Gasteiger partial charge in [-0.15, -0.1) is 0 Å². The van der Waals surface area contributed by atoms with Crippen molar-refractivity contribution in [3.05, 3.63) is 0 Å². The Morgan fingerprint density at radius 3 is 2.67 bits per heavy atom. The Hall–Kier alpha value is -0.820. The van der Waals surface area contributed by atoms with Crippen molar-refractivity contribution >= 4 is 15.9 Å². The SMILES string of the molecule is CS(=O)(=O)CC(O)[C@@H]1CCCN1C(=O)O. The average Bonchev–Trinajstić information content (AvgIpc) is 2.47. The number of likely N-dealkylation sites (tertiary alicyclic amines) is 1. The van der Waals surface area contributed by atoms with Crippen LogP contribution in [0.25, 0.3) is 0 Å². The maximum absolute atomic E-state index is 10.9. The van der Waals surface area contributed by atoms with Gasteiger partial charge < -0.3 is 15.1 Å². The second-order valence-corrected chi connectivity index (χ2v) is 6.03. The highest BCUT2D eigenvalue weighted by Gasteiger charge is 2.35. The largest absolute Gasteiger partial charge is 0.465 e. The van der Waals surface area contributed by atoms with E-state index in [0.717, 1.165) is 11.2 Å². The average molecular weight is 237 g/mol. The third-order valence-electron chi connectivity index (χ3n) is 2.46. The van der Waals surface area contributed by atoms with Crippen LogP contribution in [0.5, 0.6) is 0 Å². The van der Waals surface area contributed by atoms with E-state index < -0.39 is 28.1 Å². The molecule has 15 heavy (non-hydrogen) atoms. The minimum absolute atomic E-state index is 0.362. The minimum atomic E-state index is -3.28. The Balaban J connectivity index is 2.66. The van der Waals surface area contributed by atoms with Gasteiger partial charge in [0.25, 0.3) is 0 Å². The highest BCUT2D eigenvalue weighted by molar-refractivity contribution is 7.90. The summed E-state index contributed by atoms with van der Waals surface area (Å²) in [5.74, 6) is -0.387. The van der Waals surface area contributed by atoms with Crippen molar-refractivity contribution < 1.29 is 23.4 Å². The van der Waals surface area contributed by atoms with E-state index in [4.69, 9.17) is 5.11 Å². The van der Waals surface area contributed by atoms with Gasteiger partial charge in [0.1, 0.15) is 9.84 Å². The van der Waals surface area contributed by atoms with Gasteiger partial charge in [-0.2, -0.15) is 0 Å². The van der Waals surface area contributed by atoms with Crippen LogP contribution in [0.4, 0.5) is 4.79 Å². The first-order chi connectivity index (χ1) is 6.81. The summed E-state index contributed by atoms with van der Waals surface area (Å²) in [6, 6.07) is -0.586. The number of hydrogen-bond donors (Lipinski definition) is 2. The Labute approximate surface area is 88.4 Å². The molecule has 1 rings (SSSR count). The van der Waals surface area contributed by atoms with Gasteiger partial charge in [0.15, 0.2) is 0 Å². The van der Waals surface area contributed by atoms with E-state index in [2.05, 4.69) is 0 Å². The van der Waals surface area contributed by atoms with Crippen LogP contribution in [0.15, 0.2) is 0 Å². The number of aliphatic hydroxyl groups excluding tert-OH is 1. The van der Waals surface area contributed by atoms with E-state index in [1.54, 1.807) is 0 Å². The Morgan fingerprint density at radius 2 is 2.20 bits per heavy atom. The van der Waals surface area contributed by atoms with Crippen LogP contribution in [-0.4, -0.2) is 60.3 Å². The normalized spacial score (nSPS) is 24.1. The van der Waals surface area contributed by atoms with Crippen molar-refractivity contribution in [1.29, 1.82) is 0 Å². The quantitative estimate of drug-likeness (QED) is 0.692. The van der Waals surface area contributed by atoms with E-state index in [1.807, 2.05) is 0 Å². The highest BCUT2D eigenvalue weighted by atomic mass is 32.2. The summed E-state index contributed by atoms with van der Waals surface area (Å²) in [6.45, 7) is 0.362. The molecule has 2 atom stereocenters. The number of hydrogen-bond acceptors (Lipinski definition) is 4. The molecule has 1 saturated heterocycles. The van der Waals surface area contributed by atoms with Gasteiger partial charge in [-0.25, -0.2) is 13.2 Å². The molecule has 0 aromatic rings. The number of sulfone groups is 1. The van der Waals surface area contributed by atoms with E-state index in [9.17, 15) is 18.3 Å². The van der Waals surface area contributed by atoms with Crippen LogP contribution in [-0.2, 0) is 9.84 Å². The lowest BCUT2D eigenvalue weighted by Crippen LogP contribution is -2.44. The van der Waals surface area contributed by atoms with Gasteiger partial charge in [0, 0.05) is 12.8 Å². The maximum atomic E-state index is 10.9. The summed E-state index contributed by atoms with van der Waals surface area (Å²) in [4.78, 5) is 11.9. The molecule has 0 bridgehead atoms. The topological polar surface area (TPSA) is 94.9 Å². The summed E-state index contributed by atoms with van der Waals surface area (Å²) in [7, 11) is -3.28. The molecule has 0 spiro atoms. The molecule has 2 N–H and O–H groups in total. The Kier molecular flexibility index (Phi) is 3.56. The molecule has 0 aromatic heterocycles. The van der Waals surface area contributed by atoms with E-state index >= 15 is 0 Å². The molecule has 1 fully saturated rings. The fourth-order valence-corrected chi connectivity index (χ4v) is 2.69. The molecule has 6 nitrogen and oxygen atoms in total. The first-order valence-electron chi connectivity index (χ1n) is 4.66. The molecule has 1 aliphatic rings. The molecule has 1 heterocycles. The third-order valence-corrected chi connectivity index (χ3v) is 3.41. The monoisotopic (exact) mass is 237 g/mol. The predicted molar refractivity (Wildman–Crippen MR) is 53.5 cm³/mol. The zero-order valence-electron chi connectivity index (χ0n) is 8.46. The summed E-state index contributed by atoms with van der Waals surface area (Å²) in [5.41, 5.74) is 0. The molecule has 0 aromatic carbocycles. The van der Waals surface area contributed by atoms with Gasteiger partial charge in [-0.1, -0.05) is 0 Å². The van der Waals surface area contributed by atoms with Crippen molar-refractivity contribution in [3.8, 4) is 0 Å². The van der Waals surface area contributed by atoms with Gasteiger partial charge in [-0.05, 0) is 12.8 Å². The molecule has 0 saturated carbocycles. The lowest BCUT2D eigenvalue weighted by molar-refractivity contribution is 0.0797. The molecule has 1 aliphatic heterocycles. The van der Waals surface area contributed by atoms with E-state index in [1.165, 1.54) is 0 Å². The van der Waals surface area contributed by atoms with E-state index in [0.29, 0.717) is 19.4 Å². The first kappa shape index (κ1) is 12.3. The van der Waals surface area contributed by atoms with Crippen LogP contribution in [0.2, 0.25) is 0 Å². The first-order valence-corrected chi connectivity index (χ1v) is 6.72. The van der Waals surface area contributed by atoms with Crippen molar-refractivity contribution in [1.82, 2.24) is 4.90 Å². The second kappa shape index (κ2) is 4.36. The fourth-order valence-electron chi connectivity index (χ4n) is 1.85. The number of aliphatic hydroxyl groups is 1. The summed E-state index contributed by atoms with van der Waals surface area (Å²) in [6.07, 6.45) is -0.0273. The van der Waals surface area contributed by atoms with Crippen LogP contribution in [0, 0.1) is 0 Å². The van der Waals surface area contributed by atoms with E-state index in [-0.39, 0.29) is 5.75 Å². The fraction of sp³-hybridized carbons (Fsp3) is 0.875. The van der Waals surface area contributed by atoms with Crippen LogP contribution in [0.1, 0.15) is 12.8 Å². The number of carbonyl (C=O) groups is 1. The molecular weight excluding hydrogens is 222 g/mol. The van der Waals surface area contributed by atoms with Crippen molar-refractivity contribution in [2.24, 2.45) is 0 Å². The molecule has 88 valence electrons. The van der Waals surface area contributed by atoms with Gasteiger partial charge in [-0.3, -0.25) is 0 Å². The van der Waals surface area contributed by atoms with Crippen molar-refractivity contribution in [2.45, 2.75) is 25.0 Å². The number of nitrogens with zero attached hydrogens (tertiary/aromatic N) is 1. The third kappa shape index (κ3) is 3.35. The number of amides is 1. The van der Waals surface area contributed by atoms with Gasteiger partial charge in [0.05, 0.1) is 17.9 Å². The molecule has 7 heteroatoms. The summed E-state index contributed by atoms with van der Waals surface area (Å²) >= 11 is 0. The van der Waals surface area contributed by atoms with Crippen LogP contribution >= 0.6 is 0 Å². The van der Waals surface area contributed by atoms with Crippen molar-refractivity contribution in [3.63, 3.8) is 0 Å². The molecule has 1 unspecified atom stereocenters. The van der Waals surface area contributed by atoms with Gasteiger partial charge >= 0.3 is 6.09 Å². The lowest BCUT2D eigenvalue weighted by Gasteiger charge is -2.25. The Bertz CT molecular complexity index is 339. The second-order valence-electron chi connectivity index (χ2n) is 3.85. The Morgan fingerprint density at radius 1 is 1.60 bits per heavy atom.